The molecule has 0 N–H and O–H groups in total. The number of hydrogen-bond acceptors (Lipinski definition) is 3. The molecular weight excluding hydrogens is 354 g/mol. The largest absolute Gasteiger partial charge is 0.364 e. The van der Waals surface area contributed by atoms with Gasteiger partial charge in [0, 0.05) is 18.8 Å². The molecule has 27 heavy (non-hydrogen) atoms. The highest BCUT2D eigenvalue weighted by Gasteiger charge is 2.33. The van der Waals surface area contributed by atoms with E-state index in [2.05, 4.69) is 41.3 Å². The Bertz CT molecular complexity index is 728. The van der Waals surface area contributed by atoms with Gasteiger partial charge in [0.1, 0.15) is 0 Å². The Balaban J connectivity index is 1.42. The summed E-state index contributed by atoms with van der Waals surface area (Å²) in [7, 11) is -2.99. The van der Waals surface area contributed by atoms with E-state index in [-0.39, 0.29) is 0 Å². The van der Waals surface area contributed by atoms with Crippen molar-refractivity contribution in [2.75, 3.05) is 23.7 Å². The second-order valence-electron chi connectivity index (χ2n) is 9.36. The van der Waals surface area contributed by atoms with Crippen LogP contribution >= 0.6 is 0 Å². The third-order valence-corrected chi connectivity index (χ3v) is 9.09. The van der Waals surface area contributed by atoms with Crippen molar-refractivity contribution in [1.29, 1.82) is 0 Å². The smallest absolute Gasteiger partial charge is 0.155 e. The third kappa shape index (κ3) is 5.37. The Labute approximate surface area is 165 Å². The SMILES string of the molecule is CC(C)(C)S(=O)(=O)CC1CCC(CCc2ccc(N3CC=CC3)cc2)CC1. The van der Waals surface area contributed by atoms with Crippen LogP contribution in [-0.2, 0) is 16.3 Å². The summed E-state index contributed by atoms with van der Waals surface area (Å²) in [4.78, 5) is 2.37. The minimum atomic E-state index is -2.99. The zero-order valence-electron chi connectivity index (χ0n) is 17.2. The maximum Gasteiger partial charge on any atom is 0.155 e. The molecule has 0 amide bonds. The normalized spacial score (nSPS) is 23.7. The fourth-order valence-electron chi connectivity index (χ4n) is 4.18. The zero-order chi connectivity index (χ0) is 19.5. The summed E-state index contributed by atoms with van der Waals surface area (Å²) in [6, 6.07) is 9.04. The Morgan fingerprint density at radius 3 is 2.04 bits per heavy atom. The molecule has 0 unspecified atom stereocenters. The molecule has 1 saturated carbocycles. The molecule has 1 aliphatic heterocycles. The van der Waals surface area contributed by atoms with Crippen LogP contribution in [-0.4, -0.2) is 32.0 Å². The maximum absolute atomic E-state index is 12.4. The molecule has 150 valence electrons. The van der Waals surface area contributed by atoms with Crippen LogP contribution < -0.4 is 4.90 Å². The second kappa shape index (κ2) is 8.38. The van der Waals surface area contributed by atoms with Gasteiger partial charge in [-0.05, 0) is 76.0 Å². The van der Waals surface area contributed by atoms with E-state index < -0.39 is 14.6 Å². The number of nitrogens with zero attached hydrogens (tertiary/aromatic N) is 1. The van der Waals surface area contributed by atoms with Crippen LogP contribution in [0, 0.1) is 11.8 Å². The Morgan fingerprint density at radius 1 is 0.926 bits per heavy atom. The highest BCUT2D eigenvalue weighted by atomic mass is 32.2. The molecule has 3 rings (SSSR count). The van der Waals surface area contributed by atoms with Crippen molar-refractivity contribution in [3.8, 4) is 0 Å². The molecule has 0 aromatic heterocycles. The number of hydrogen-bond donors (Lipinski definition) is 0. The van der Waals surface area contributed by atoms with Gasteiger partial charge < -0.3 is 4.90 Å². The summed E-state index contributed by atoms with van der Waals surface area (Å²) >= 11 is 0. The number of aryl methyl sites for hydroxylation is 1. The lowest BCUT2D eigenvalue weighted by molar-refractivity contribution is 0.278. The average Bonchev–Trinajstić information content (AvgIpc) is 3.15. The molecule has 0 bridgehead atoms. The minimum Gasteiger partial charge on any atom is -0.364 e. The topological polar surface area (TPSA) is 37.4 Å². The Hall–Kier alpha value is -1.29. The van der Waals surface area contributed by atoms with Crippen molar-refractivity contribution < 1.29 is 8.42 Å². The fourth-order valence-corrected chi connectivity index (χ4v) is 5.63. The van der Waals surface area contributed by atoms with Gasteiger partial charge in [-0.15, -0.1) is 0 Å². The van der Waals surface area contributed by atoms with Gasteiger partial charge in [0.25, 0.3) is 0 Å². The Morgan fingerprint density at radius 2 is 1.48 bits per heavy atom. The zero-order valence-corrected chi connectivity index (χ0v) is 18.0. The van der Waals surface area contributed by atoms with Crippen LogP contribution in [0.15, 0.2) is 36.4 Å². The molecule has 1 aromatic carbocycles. The quantitative estimate of drug-likeness (QED) is 0.642. The summed E-state index contributed by atoms with van der Waals surface area (Å²) < 4.78 is 24.2. The van der Waals surface area contributed by atoms with E-state index in [9.17, 15) is 8.42 Å². The second-order valence-corrected chi connectivity index (χ2v) is 12.1. The van der Waals surface area contributed by atoms with Crippen LogP contribution in [0.5, 0.6) is 0 Å². The van der Waals surface area contributed by atoms with Gasteiger partial charge in [0.15, 0.2) is 9.84 Å². The summed E-state index contributed by atoms with van der Waals surface area (Å²) in [5.74, 6) is 1.48. The highest BCUT2D eigenvalue weighted by Crippen LogP contribution is 2.34. The lowest BCUT2D eigenvalue weighted by atomic mass is 9.80. The predicted octanol–water partition coefficient (Wildman–Crippen LogP) is 5.02. The molecule has 3 nitrogen and oxygen atoms in total. The van der Waals surface area contributed by atoms with Gasteiger partial charge >= 0.3 is 0 Å². The van der Waals surface area contributed by atoms with Crippen molar-refractivity contribution in [3.05, 3.63) is 42.0 Å². The number of sulfone groups is 1. The van der Waals surface area contributed by atoms with Crippen molar-refractivity contribution >= 4 is 15.5 Å². The van der Waals surface area contributed by atoms with Crippen LogP contribution in [0.25, 0.3) is 0 Å². The molecule has 0 saturated heterocycles. The lowest BCUT2D eigenvalue weighted by Gasteiger charge is -2.30. The van der Waals surface area contributed by atoms with E-state index in [0.717, 1.165) is 38.3 Å². The number of anilines is 1. The fraction of sp³-hybridized carbons (Fsp3) is 0.652. The number of benzene rings is 1. The van der Waals surface area contributed by atoms with Gasteiger partial charge in [-0.1, -0.05) is 37.1 Å². The van der Waals surface area contributed by atoms with Crippen molar-refractivity contribution in [1.82, 2.24) is 0 Å². The molecule has 1 aromatic rings. The molecular formula is C23H35NO2S. The van der Waals surface area contributed by atoms with Gasteiger partial charge in [-0.2, -0.15) is 0 Å². The highest BCUT2D eigenvalue weighted by molar-refractivity contribution is 7.92. The monoisotopic (exact) mass is 389 g/mol. The molecule has 1 aliphatic carbocycles. The predicted molar refractivity (Wildman–Crippen MR) is 115 cm³/mol. The first kappa shape index (κ1) is 20.4. The molecule has 2 aliphatic rings. The van der Waals surface area contributed by atoms with Crippen LogP contribution in [0.4, 0.5) is 5.69 Å². The van der Waals surface area contributed by atoms with Crippen molar-refractivity contribution in [2.45, 2.75) is 64.0 Å². The van der Waals surface area contributed by atoms with Gasteiger partial charge in [-0.25, -0.2) is 8.42 Å². The first-order valence-corrected chi connectivity index (χ1v) is 12.1. The summed E-state index contributed by atoms with van der Waals surface area (Å²) in [6.07, 6.45) is 11.3. The molecule has 1 heterocycles. The maximum atomic E-state index is 12.4. The summed E-state index contributed by atoms with van der Waals surface area (Å²) in [5, 5.41) is 0. The van der Waals surface area contributed by atoms with Crippen molar-refractivity contribution in [3.63, 3.8) is 0 Å². The Kier molecular flexibility index (Phi) is 6.35. The van der Waals surface area contributed by atoms with E-state index >= 15 is 0 Å². The van der Waals surface area contributed by atoms with Crippen molar-refractivity contribution in [2.24, 2.45) is 11.8 Å². The van der Waals surface area contributed by atoms with Crippen LogP contribution in [0.1, 0.15) is 58.4 Å². The van der Waals surface area contributed by atoms with E-state index in [0.29, 0.717) is 11.7 Å². The molecule has 0 radical (unpaired) electrons. The van der Waals surface area contributed by atoms with E-state index in [1.54, 1.807) is 0 Å². The molecule has 4 heteroatoms. The van der Waals surface area contributed by atoms with Gasteiger partial charge in [0.2, 0.25) is 0 Å². The van der Waals surface area contributed by atoms with E-state index in [1.165, 1.54) is 30.5 Å². The first-order chi connectivity index (χ1) is 12.7. The summed E-state index contributed by atoms with van der Waals surface area (Å²) in [6.45, 7) is 7.50. The standard InChI is InChI=1S/C23H35NO2S/c1-23(2,3)27(25,26)18-21-10-8-19(9-11-21)6-7-20-12-14-22(15-13-20)24-16-4-5-17-24/h4-5,12-15,19,21H,6-11,16-18H2,1-3H3. The molecule has 0 atom stereocenters. The lowest BCUT2D eigenvalue weighted by Crippen LogP contribution is -2.34. The third-order valence-electron chi connectivity index (χ3n) is 6.32. The summed E-state index contributed by atoms with van der Waals surface area (Å²) in [5.41, 5.74) is 2.73. The van der Waals surface area contributed by atoms with E-state index in [4.69, 9.17) is 0 Å². The van der Waals surface area contributed by atoms with E-state index in [1.807, 2.05) is 20.8 Å². The van der Waals surface area contributed by atoms with Crippen LogP contribution in [0.2, 0.25) is 0 Å². The van der Waals surface area contributed by atoms with Gasteiger partial charge in [-0.3, -0.25) is 0 Å². The minimum absolute atomic E-state index is 0.360. The average molecular weight is 390 g/mol. The molecule has 1 fully saturated rings. The van der Waals surface area contributed by atoms with Crippen LogP contribution in [0.3, 0.4) is 0 Å². The number of rotatable bonds is 6. The first-order valence-electron chi connectivity index (χ1n) is 10.5. The molecule has 0 spiro atoms. The van der Waals surface area contributed by atoms with Gasteiger partial charge in [0.05, 0.1) is 10.5 Å².